The lowest BCUT2D eigenvalue weighted by atomic mass is 9.86. The lowest BCUT2D eigenvalue weighted by molar-refractivity contribution is -0.0281. The molecule has 3 nitrogen and oxygen atoms in total. The second-order valence-corrected chi connectivity index (χ2v) is 4.06. The molecule has 3 N–H and O–H groups in total. The molecule has 0 heterocycles. The summed E-state index contributed by atoms with van der Waals surface area (Å²) in [6.07, 6.45) is 1.29. The van der Waals surface area contributed by atoms with Gasteiger partial charge in [0.05, 0.1) is 12.2 Å². The van der Waals surface area contributed by atoms with Crippen molar-refractivity contribution >= 4 is 0 Å². The van der Waals surface area contributed by atoms with Crippen LogP contribution in [0.3, 0.4) is 0 Å². The average Bonchev–Trinajstić information content (AvgIpc) is 2.18. The molecule has 0 bridgehead atoms. The molecule has 86 valence electrons. The van der Waals surface area contributed by atoms with Gasteiger partial charge in [-0.05, 0) is 12.8 Å². The Labute approximate surface area is 86.8 Å². The Hall–Kier alpha value is -0.120. The van der Waals surface area contributed by atoms with E-state index in [-0.39, 0.29) is 18.4 Å². The number of aliphatic hydroxyl groups excluding tert-OH is 3. The predicted molar refractivity (Wildman–Crippen MR) is 57.0 cm³/mol. The summed E-state index contributed by atoms with van der Waals surface area (Å²) in [6.45, 7) is 5.76. The number of aliphatic hydroxyl groups is 3. The maximum absolute atomic E-state index is 9.85. The molecule has 4 atom stereocenters. The van der Waals surface area contributed by atoms with Gasteiger partial charge in [-0.25, -0.2) is 0 Å². The van der Waals surface area contributed by atoms with Crippen LogP contribution in [0.5, 0.6) is 0 Å². The highest BCUT2D eigenvalue weighted by Gasteiger charge is 2.27. The van der Waals surface area contributed by atoms with Crippen molar-refractivity contribution in [3.05, 3.63) is 0 Å². The van der Waals surface area contributed by atoms with E-state index in [1.807, 2.05) is 20.8 Å². The molecule has 0 spiro atoms. The molecule has 0 radical (unpaired) electrons. The van der Waals surface area contributed by atoms with Gasteiger partial charge in [0.15, 0.2) is 0 Å². The van der Waals surface area contributed by atoms with Crippen molar-refractivity contribution in [1.29, 1.82) is 0 Å². The highest BCUT2D eigenvalue weighted by Crippen LogP contribution is 2.21. The van der Waals surface area contributed by atoms with Crippen LogP contribution in [-0.2, 0) is 0 Å². The topological polar surface area (TPSA) is 60.7 Å². The van der Waals surface area contributed by atoms with Gasteiger partial charge in [0, 0.05) is 18.4 Å². The van der Waals surface area contributed by atoms with E-state index in [0.717, 1.165) is 12.8 Å². The summed E-state index contributed by atoms with van der Waals surface area (Å²) in [5, 5.41) is 28.6. The Bertz CT molecular complexity index is 134. The molecule has 0 aromatic carbocycles. The van der Waals surface area contributed by atoms with E-state index in [2.05, 4.69) is 0 Å². The first-order valence-corrected chi connectivity index (χ1v) is 5.55. The van der Waals surface area contributed by atoms with E-state index < -0.39 is 12.2 Å². The highest BCUT2D eigenvalue weighted by molar-refractivity contribution is 4.77. The van der Waals surface area contributed by atoms with Crippen molar-refractivity contribution in [2.24, 2.45) is 11.8 Å². The van der Waals surface area contributed by atoms with Crippen LogP contribution >= 0.6 is 0 Å². The first kappa shape index (κ1) is 13.9. The highest BCUT2D eigenvalue weighted by atomic mass is 16.3. The molecule has 0 unspecified atom stereocenters. The lowest BCUT2D eigenvalue weighted by Crippen LogP contribution is -2.36. The third-order valence-electron chi connectivity index (χ3n) is 2.97. The SMILES string of the molecule is CCC[C@@H](O)[C@@H](C)[C@@H](O)[C@H](CC)CO. The van der Waals surface area contributed by atoms with Crippen LogP contribution < -0.4 is 0 Å². The molecule has 3 heteroatoms. The molecule has 14 heavy (non-hydrogen) atoms. The van der Waals surface area contributed by atoms with Gasteiger partial charge in [0.2, 0.25) is 0 Å². The minimum absolute atomic E-state index is 0.0130. The standard InChI is InChI=1S/C11H24O3/c1-4-6-10(13)8(3)11(14)9(5-2)7-12/h8-14H,4-7H2,1-3H3/t8-,9-,10-,11-/m1/s1. The summed E-state index contributed by atoms with van der Waals surface area (Å²) in [5.41, 5.74) is 0. The Morgan fingerprint density at radius 2 is 1.71 bits per heavy atom. The van der Waals surface area contributed by atoms with Gasteiger partial charge >= 0.3 is 0 Å². The third-order valence-corrected chi connectivity index (χ3v) is 2.97. The molecule has 0 fully saturated rings. The van der Waals surface area contributed by atoms with Crippen LogP contribution in [0.25, 0.3) is 0 Å². The van der Waals surface area contributed by atoms with E-state index in [1.54, 1.807) is 0 Å². The molecule has 0 aliphatic heterocycles. The lowest BCUT2D eigenvalue weighted by Gasteiger charge is -2.28. The van der Waals surface area contributed by atoms with E-state index in [0.29, 0.717) is 6.42 Å². The fourth-order valence-electron chi connectivity index (χ4n) is 1.69. The molecule has 0 aromatic heterocycles. The van der Waals surface area contributed by atoms with E-state index >= 15 is 0 Å². The summed E-state index contributed by atoms with van der Waals surface area (Å²) < 4.78 is 0. The van der Waals surface area contributed by atoms with Crippen molar-refractivity contribution < 1.29 is 15.3 Å². The third kappa shape index (κ3) is 3.95. The van der Waals surface area contributed by atoms with Crippen molar-refractivity contribution in [3.63, 3.8) is 0 Å². The summed E-state index contributed by atoms with van der Waals surface area (Å²) in [5.74, 6) is -0.274. The van der Waals surface area contributed by atoms with Gasteiger partial charge in [0.25, 0.3) is 0 Å². The average molecular weight is 204 g/mol. The molecule has 0 rings (SSSR count). The fourth-order valence-corrected chi connectivity index (χ4v) is 1.69. The Kier molecular flexibility index (Phi) is 7.15. The molecule has 0 aliphatic rings. The molecule has 0 amide bonds. The summed E-state index contributed by atoms with van der Waals surface area (Å²) in [7, 11) is 0. The molecule has 0 saturated heterocycles. The first-order chi connectivity index (χ1) is 6.58. The zero-order valence-electron chi connectivity index (χ0n) is 9.48. The molecular weight excluding hydrogens is 180 g/mol. The minimum Gasteiger partial charge on any atom is -0.396 e. The van der Waals surface area contributed by atoms with Crippen LogP contribution in [0, 0.1) is 11.8 Å². The van der Waals surface area contributed by atoms with Gasteiger partial charge < -0.3 is 15.3 Å². The van der Waals surface area contributed by atoms with E-state index in [1.165, 1.54) is 0 Å². The number of hydrogen-bond donors (Lipinski definition) is 3. The molecule has 0 saturated carbocycles. The zero-order valence-corrected chi connectivity index (χ0v) is 9.48. The molecular formula is C11H24O3. The van der Waals surface area contributed by atoms with E-state index in [4.69, 9.17) is 5.11 Å². The number of hydrogen-bond acceptors (Lipinski definition) is 3. The van der Waals surface area contributed by atoms with Crippen LogP contribution in [-0.4, -0.2) is 34.1 Å². The quantitative estimate of drug-likeness (QED) is 0.583. The smallest absolute Gasteiger partial charge is 0.0640 e. The largest absolute Gasteiger partial charge is 0.396 e. The van der Waals surface area contributed by atoms with Gasteiger partial charge in [-0.15, -0.1) is 0 Å². The Morgan fingerprint density at radius 1 is 1.14 bits per heavy atom. The van der Waals surface area contributed by atoms with Gasteiger partial charge in [-0.1, -0.05) is 27.2 Å². The van der Waals surface area contributed by atoms with Crippen LogP contribution in [0.1, 0.15) is 40.0 Å². The Morgan fingerprint density at radius 3 is 2.07 bits per heavy atom. The Balaban J connectivity index is 4.13. The van der Waals surface area contributed by atoms with Crippen LogP contribution in [0.15, 0.2) is 0 Å². The normalized spacial score (nSPS) is 20.1. The molecule has 0 aliphatic carbocycles. The molecule has 0 aromatic rings. The fraction of sp³-hybridized carbons (Fsp3) is 1.00. The summed E-state index contributed by atoms with van der Waals surface area (Å²) in [6, 6.07) is 0. The van der Waals surface area contributed by atoms with Crippen LogP contribution in [0.4, 0.5) is 0 Å². The van der Waals surface area contributed by atoms with Crippen LogP contribution in [0.2, 0.25) is 0 Å². The zero-order chi connectivity index (χ0) is 11.1. The minimum atomic E-state index is -0.605. The van der Waals surface area contributed by atoms with Crippen molar-refractivity contribution in [2.45, 2.75) is 52.2 Å². The van der Waals surface area contributed by atoms with Gasteiger partial charge in [-0.3, -0.25) is 0 Å². The summed E-state index contributed by atoms with van der Waals surface area (Å²) in [4.78, 5) is 0. The van der Waals surface area contributed by atoms with E-state index in [9.17, 15) is 10.2 Å². The second-order valence-electron chi connectivity index (χ2n) is 4.06. The predicted octanol–water partition coefficient (Wildman–Crippen LogP) is 1.16. The first-order valence-electron chi connectivity index (χ1n) is 5.55. The maximum Gasteiger partial charge on any atom is 0.0640 e. The maximum atomic E-state index is 9.85. The summed E-state index contributed by atoms with van der Waals surface area (Å²) >= 11 is 0. The van der Waals surface area contributed by atoms with Gasteiger partial charge in [-0.2, -0.15) is 0 Å². The second kappa shape index (κ2) is 7.21. The van der Waals surface area contributed by atoms with Crippen molar-refractivity contribution in [1.82, 2.24) is 0 Å². The van der Waals surface area contributed by atoms with Crippen molar-refractivity contribution in [2.75, 3.05) is 6.61 Å². The van der Waals surface area contributed by atoms with Crippen molar-refractivity contribution in [3.8, 4) is 0 Å². The number of rotatable bonds is 7. The van der Waals surface area contributed by atoms with Gasteiger partial charge in [0.1, 0.15) is 0 Å². The monoisotopic (exact) mass is 204 g/mol.